The number of rotatable bonds is 10. The monoisotopic (exact) mass is 543 g/mol. The van der Waals surface area contributed by atoms with Crippen LogP contribution in [0.2, 0.25) is 5.02 Å². The van der Waals surface area contributed by atoms with E-state index in [1.165, 1.54) is 6.07 Å². The third kappa shape index (κ3) is 6.63. The molecule has 0 aliphatic carbocycles. The molecule has 8 heteroatoms. The van der Waals surface area contributed by atoms with Gasteiger partial charge in [-0.3, -0.25) is 9.78 Å². The van der Waals surface area contributed by atoms with Crippen molar-refractivity contribution in [1.82, 2.24) is 15.3 Å². The van der Waals surface area contributed by atoms with Crippen LogP contribution in [0.3, 0.4) is 0 Å². The number of aromatic amines is 1. The van der Waals surface area contributed by atoms with Gasteiger partial charge in [0.05, 0.1) is 25.3 Å². The summed E-state index contributed by atoms with van der Waals surface area (Å²) in [6.45, 7) is 1.07. The van der Waals surface area contributed by atoms with Gasteiger partial charge in [0.25, 0.3) is 5.91 Å². The summed E-state index contributed by atoms with van der Waals surface area (Å²) >= 11 is 6.14. The van der Waals surface area contributed by atoms with E-state index in [1.54, 1.807) is 37.7 Å². The maximum absolute atomic E-state index is 14.5. The van der Waals surface area contributed by atoms with Crippen LogP contribution in [-0.4, -0.2) is 23.0 Å². The number of hydrogen-bond acceptors (Lipinski definition) is 4. The SMILES string of the molecule is COc1ccc(COCc2ccc(Cc3cc(C(=O)NCc4cc5c(Cl)c[nH]c5cc4F)ccn3)cc2)cc1. The van der Waals surface area contributed by atoms with Crippen LogP contribution in [-0.2, 0) is 30.9 Å². The minimum atomic E-state index is -0.411. The van der Waals surface area contributed by atoms with Crippen molar-refractivity contribution >= 4 is 28.4 Å². The molecular formula is C31H27ClFN3O3. The van der Waals surface area contributed by atoms with E-state index in [4.69, 9.17) is 21.1 Å². The maximum atomic E-state index is 14.5. The lowest BCUT2D eigenvalue weighted by Gasteiger charge is -2.09. The topological polar surface area (TPSA) is 76.2 Å². The summed E-state index contributed by atoms with van der Waals surface area (Å²) in [4.78, 5) is 20.1. The molecular weight excluding hydrogens is 517 g/mol. The highest BCUT2D eigenvalue weighted by molar-refractivity contribution is 6.35. The van der Waals surface area contributed by atoms with E-state index in [0.29, 0.717) is 46.7 Å². The number of pyridine rings is 1. The quantitative estimate of drug-likeness (QED) is 0.208. The van der Waals surface area contributed by atoms with Gasteiger partial charge in [-0.05, 0) is 53.1 Å². The van der Waals surface area contributed by atoms with Crippen LogP contribution in [0.25, 0.3) is 10.9 Å². The van der Waals surface area contributed by atoms with Crippen molar-refractivity contribution in [2.24, 2.45) is 0 Å². The Balaban J connectivity index is 1.14. The summed E-state index contributed by atoms with van der Waals surface area (Å²) in [6.07, 6.45) is 3.79. The van der Waals surface area contributed by atoms with Gasteiger partial charge in [0, 0.05) is 53.1 Å². The average Bonchev–Trinajstić information content (AvgIpc) is 3.32. The van der Waals surface area contributed by atoms with Gasteiger partial charge in [-0.2, -0.15) is 0 Å². The highest BCUT2D eigenvalue weighted by Gasteiger charge is 2.12. The third-order valence-electron chi connectivity index (χ3n) is 6.42. The Morgan fingerprint density at radius 1 is 0.974 bits per heavy atom. The number of benzene rings is 3. The second kappa shape index (κ2) is 12.1. The Labute approximate surface area is 230 Å². The van der Waals surface area contributed by atoms with Gasteiger partial charge in [0.1, 0.15) is 11.6 Å². The second-order valence-electron chi connectivity index (χ2n) is 9.18. The van der Waals surface area contributed by atoms with Gasteiger partial charge in [-0.25, -0.2) is 4.39 Å². The fraction of sp³-hybridized carbons (Fsp3) is 0.161. The van der Waals surface area contributed by atoms with Crippen molar-refractivity contribution in [1.29, 1.82) is 0 Å². The van der Waals surface area contributed by atoms with Crippen LogP contribution in [0, 0.1) is 5.82 Å². The summed E-state index contributed by atoms with van der Waals surface area (Å²) in [5.41, 5.74) is 5.42. The number of methoxy groups -OCH3 is 1. The molecule has 2 N–H and O–H groups in total. The van der Waals surface area contributed by atoms with Crippen molar-refractivity contribution in [2.75, 3.05) is 7.11 Å². The highest BCUT2D eigenvalue weighted by atomic mass is 35.5. The van der Waals surface area contributed by atoms with E-state index in [-0.39, 0.29) is 12.5 Å². The number of nitrogens with zero attached hydrogens (tertiary/aromatic N) is 1. The molecule has 5 rings (SSSR count). The summed E-state index contributed by atoms with van der Waals surface area (Å²) in [5.74, 6) is 0.107. The standard InChI is InChI=1S/C31H27ClFN3O3/c1-38-26-8-6-22(7-9-26)19-39-18-21-4-2-20(3-5-21)12-25-13-23(10-11-34-25)31(37)36-16-24-14-27-28(32)17-35-30(27)15-29(24)33/h2-11,13-15,17,35H,12,16,18-19H2,1H3,(H,36,37). The molecule has 0 atom stereocenters. The number of hydrogen-bond donors (Lipinski definition) is 2. The Morgan fingerprint density at radius 3 is 2.38 bits per heavy atom. The van der Waals surface area contributed by atoms with Crippen LogP contribution < -0.4 is 10.1 Å². The van der Waals surface area contributed by atoms with E-state index >= 15 is 0 Å². The first kappa shape index (κ1) is 26.4. The van der Waals surface area contributed by atoms with Crippen LogP contribution in [0.15, 0.2) is 85.2 Å². The molecule has 6 nitrogen and oxygen atoms in total. The molecule has 3 aromatic carbocycles. The van der Waals surface area contributed by atoms with Crippen LogP contribution in [0.4, 0.5) is 4.39 Å². The van der Waals surface area contributed by atoms with Crippen LogP contribution in [0.1, 0.15) is 38.3 Å². The number of halogens is 2. The predicted octanol–water partition coefficient (Wildman–Crippen LogP) is 6.60. The number of carbonyl (C=O) groups excluding carboxylic acids is 1. The Hall–Kier alpha value is -4.20. The van der Waals surface area contributed by atoms with Crippen molar-refractivity contribution in [3.63, 3.8) is 0 Å². The molecule has 0 spiro atoms. The first-order chi connectivity index (χ1) is 19.0. The third-order valence-corrected chi connectivity index (χ3v) is 6.73. The lowest BCUT2D eigenvalue weighted by atomic mass is 10.1. The lowest BCUT2D eigenvalue weighted by Crippen LogP contribution is -2.23. The number of nitrogens with one attached hydrogen (secondary N) is 2. The van der Waals surface area contributed by atoms with Crippen molar-refractivity contribution < 1.29 is 18.7 Å². The minimum Gasteiger partial charge on any atom is -0.497 e. The number of fused-ring (bicyclic) bond motifs is 1. The number of ether oxygens (including phenoxy) is 2. The summed E-state index contributed by atoms with van der Waals surface area (Å²) in [5, 5.41) is 4.00. The van der Waals surface area contributed by atoms with E-state index in [1.807, 2.05) is 48.5 Å². The van der Waals surface area contributed by atoms with Gasteiger partial charge in [-0.1, -0.05) is 48.0 Å². The summed E-state index contributed by atoms with van der Waals surface area (Å²) in [6, 6.07) is 22.4. The molecule has 0 unspecified atom stereocenters. The molecule has 2 heterocycles. The van der Waals surface area contributed by atoms with Gasteiger partial charge in [-0.15, -0.1) is 0 Å². The first-order valence-corrected chi connectivity index (χ1v) is 12.8. The molecule has 2 aromatic heterocycles. The molecule has 1 amide bonds. The molecule has 0 radical (unpaired) electrons. The van der Waals surface area contributed by atoms with Gasteiger partial charge in [0.2, 0.25) is 0 Å². The molecule has 39 heavy (non-hydrogen) atoms. The maximum Gasteiger partial charge on any atom is 0.251 e. The van der Waals surface area contributed by atoms with Crippen molar-refractivity contribution in [3.05, 3.63) is 130 Å². The predicted molar refractivity (Wildman–Crippen MR) is 149 cm³/mol. The average molecular weight is 544 g/mol. The van der Waals surface area contributed by atoms with Crippen molar-refractivity contribution in [2.45, 2.75) is 26.2 Å². The number of amides is 1. The molecule has 0 fully saturated rings. The first-order valence-electron chi connectivity index (χ1n) is 12.4. The second-order valence-corrected chi connectivity index (χ2v) is 9.59. The van der Waals surface area contributed by atoms with E-state index in [9.17, 15) is 9.18 Å². The zero-order chi connectivity index (χ0) is 27.2. The number of H-pyrrole nitrogens is 1. The highest BCUT2D eigenvalue weighted by Crippen LogP contribution is 2.26. The van der Waals surface area contributed by atoms with Gasteiger partial charge >= 0.3 is 0 Å². The van der Waals surface area contributed by atoms with Crippen LogP contribution in [0.5, 0.6) is 5.75 Å². The fourth-order valence-electron chi connectivity index (χ4n) is 4.25. The Morgan fingerprint density at radius 2 is 1.67 bits per heavy atom. The van der Waals surface area contributed by atoms with E-state index in [2.05, 4.69) is 15.3 Å². The molecule has 5 aromatic rings. The smallest absolute Gasteiger partial charge is 0.251 e. The zero-order valence-corrected chi connectivity index (χ0v) is 22.1. The van der Waals surface area contributed by atoms with E-state index in [0.717, 1.165) is 28.1 Å². The van der Waals surface area contributed by atoms with Gasteiger partial charge in [0.15, 0.2) is 0 Å². The molecule has 0 bridgehead atoms. The summed E-state index contributed by atoms with van der Waals surface area (Å²) < 4.78 is 25.5. The van der Waals surface area contributed by atoms with Crippen LogP contribution >= 0.6 is 11.6 Å². The van der Waals surface area contributed by atoms with E-state index < -0.39 is 5.82 Å². The summed E-state index contributed by atoms with van der Waals surface area (Å²) in [7, 11) is 1.65. The molecule has 0 aliphatic rings. The molecule has 0 saturated heterocycles. The number of carbonyl (C=O) groups is 1. The zero-order valence-electron chi connectivity index (χ0n) is 21.3. The largest absolute Gasteiger partial charge is 0.497 e. The lowest BCUT2D eigenvalue weighted by molar-refractivity contribution is 0.0950. The molecule has 0 saturated carbocycles. The minimum absolute atomic E-state index is 0.0434. The van der Waals surface area contributed by atoms with Crippen molar-refractivity contribution in [3.8, 4) is 5.75 Å². The normalized spacial score (nSPS) is 11.1. The Bertz CT molecular complexity index is 1580. The van der Waals surface area contributed by atoms with Gasteiger partial charge < -0.3 is 19.8 Å². The number of aromatic nitrogens is 2. The molecule has 198 valence electrons. The fourth-order valence-corrected chi connectivity index (χ4v) is 4.46. The molecule has 0 aliphatic heterocycles. The Kier molecular flexibility index (Phi) is 8.20.